The van der Waals surface area contributed by atoms with Crippen LogP contribution in [-0.4, -0.2) is 14.1 Å². The molecule has 0 atom stereocenters. The average molecular weight is 988 g/mol. The number of nitrogens with zero attached hydrogens (tertiary/aromatic N) is 4. The predicted molar refractivity (Wildman–Crippen MR) is 246 cm³/mol. The number of rotatable bonds is 9. The van der Waals surface area contributed by atoms with Gasteiger partial charge in [-0.25, -0.2) is 4.98 Å². The number of imidazole rings is 1. The Morgan fingerprint density at radius 3 is 2.02 bits per heavy atom. The van der Waals surface area contributed by atoms with Crippen LogP contribution in [0.2, 0.25) is 0 Å². The van der Waals surface area contributed by atoms with Crippen molar-refractivity contribution < 1.29 is 44.1 Å². The molecule has 5 nitrogen and oxygen atoms in total. The van der Waals surface area contributed by atoms with E-state index in [1.807, 2.05) is 79.0 Å². The summed E-state index contributed by atoms with van der Waals surface area (Å²) in [6, 6.07) is 43.5. The van der Waals surface area contributed by atoms with Gasteiger partial charge in [0.2, 0.25) is 0 Å². The summed E-state index contributed by atoms with van der Waals surface area (Å²) in [5.74, 6) is 1.54. The van der Waals surface area contributed by atoms with Crippen molar-refractivity contribution in [2.45, 2.75) is 13.3 Å². The monoisotopic (exact) mass is 987 g/mol. The van der Waals surface area contributed by atoms with Crippen LogP contribution in [0.5, 0.6) is 11.5 Å². The smallest absolute Gasteiger partial charge is 0.268 e. The molecule has 0 saturated carbocycles. The van der Waals surface area contributed by atoms with Crippen molar-refractivity contribution in [3.05, 3.63) is 224 Å². The van der Waals surface area contributed by atoms with Gasteiger partial charge in [0.1, 0.15) is 5.82 Å². The van der Waals surface area contributed by atoms with E-state index in [4.69, 9.17) is 23.4 Å². The zero-order valence-corrected chi connectivity index (χ0v) is 35.3. The van der Waals surface area contributed by atoms with Crippen LogP contribution in [-0.2, 0) is 27.5 Å². The molecule has 0 aliphatic rings. The normalized spacial score (nSPS) is 13.5. The van der Waals surface area contributed by atoms with Crippen LogP contribution in [0.1, 0.15) is 26.2 Å². The predicted octanol–water partition coefficient (Wildman–Crippen LogP) is 13.2. The van der Waals surface area contributed by atoms with Crippen LogP contribution in [0.4, 0.5) is 0 Å². The first-order valence-electron chi connectivity index (χ1n) is 24.8. The van der Waals surface area contributed by atoms with Crippen LogP contribution >= 0.6 is 0 Å². The van der Waals surface area contributed by atoms with Gasteiger partial charge in [-0.3, -0.25) is 4.57 Å². The summed E-state index contributed by atoms with van der Waals surface area (Å²) in [6.07, 6.45) is 6.14. The summed E-state index contributed by atoms with van der Waals surface area (Å²) in [7, 11) is 0. The van der Waals surface area contributed by atoms with Crippen molar-refractivity contribution >= 4 is 32.8 Å². The largest absolute Gasteiger partial charge is 0.510 e. The number of ether oxygens (including phenoxy) is 1. The van der Waals surface area contributed by atoms with Gasteiger partial charge in [-0.1, -0.05) is 164 Å². The Morgan fingerprint density at radius 1 is 0.613 bits per heavy atom. The number of benzene rings is 8. The van der Waals surface area contributed by atoms with Crippen LogP contribution in [0, 0.1) is 18.5 Å². The summed E-state index contributed by atoms with van der Waals surface area (Å²) in [5, 5.41) is 2.01. The van der Waals surface area contributed by atoms with Gasteiger partial charge in [0.05, 0.1) is 30.4 Å². The van der Waals surface area contributed by atoms with Crippen LogP contribution in [0.3, 0.4) is 0 Å². The zero-order chi connectivity index (χ0) is 49.4. The molecular formula is C56H38N4OPt-2. The maximum absolute atomic E-state index is 9.01. The van der Waals surface area contributed by atoms with E-state index in [9.17, 15) is 0 Å². The molecule has 62 heavy (non-hydrogen) atoms. The third kappa shape index (κ3) is 6.91. The van der Waals surface area contributed by atoms with E-state index in [1.54, 1.807) is 39.5 Å². The second kappa shape index (κ2) is 16.6. The molecule has 6 heteroatoms. The van der Waals surface area contributed by atoms with E-state index in [2.05, 4.69) is 60.3 Å². The molecular weight excluding hydrogens is 940 g/mol. The first-order valence-corrected chi connectivity index (χ1v) is 19.8. The quantitative estimate of drug-likeness (QED) is 0.107. The van der Waals surface area contributed by atoms with Gasteiger partial charge in [-0.15, -0.1) is 29.7 Å². The van der Waals surface area contributed by atoms with Crippen molar-refractivity contribution in [3.8, 4) is 62.1 Å². The molecule has 3 aromatic heterocycles. The van der Waals surface area contributed by atoms with Gasteiger partial charge in [-0.2, -0.15) is 18.2 Å². The summed E-state index contributed by atoms with van der Waals surface area (Å²) in [5.41, 5.74) is 6.89. The molecule has 0 saturated heterocycles. The van der Waals surface area contributed by atoms with Crippen molar-refractivity contribution in [2.24, 2.45) is 0 Å². The number of hydrogen-bond donors (Lipinski definition) is 0. The third-order valence-electron chi connectivity index (χ3n) is 10.8. The van der Waals surface area contributed by atoms with E-state index in [1.165, 1.54) is 0 Å². The van der Waals surface area contributed by atoms with E-state index in [-0.39, 0.29) is 49.0 Å². The van der Waals surface area contributed by atoms with Crippen LogP contribution in [0.15, 0.2) is 200 Å². The molecule has 11 rings (SSSR count). The Morgan fingerprint density at radius 2 is 1.27 bits per heavy atom. The van der Waals surface area contributed by atoms with E-state index in [0.29, 0.717) is 28.2 Å². The molecule has 0 N–H and O–H groups in total. The van der Waals surface area contributed by atoms with Crippen LogP contribution < -0.4 is 9.30 Å². The fourth-order valence-electron chi connectivity index (χ4n) is 8.05. The second-order valence-electron chi connectivity index (χ2n) is 14.3. The summed E-state index contributed by atoms with van der Waals surface area (Å²) in [6.45, 7) is 2.14. The maximum Gasteiger partial charge on any atom is 0.268 e. The SMILES string of the molecule is [2H]c1c([2H])c([2H])c(-c2cccc(-c3c([2H])c([2H])c([2H])c([2H])c3[2H])c2-[n+]2[c-]n(-c3[c-]c(Oc4[c-]c5c(cc4)c4ccccc4n5-c4cc(CC)c(-c5ccccc5)cn4)ccc3)c3ccccc32)c([2H])c1[2H].[Pt]. The Balaban J connectivity index is 0.00000596. The number of aryl methyl sites for hydroxylation is 1. The Labute approximate surface area is 389 Å². The molecule has 0 amide bonds. The molecule has 3 heterocycles. The minimum atomic E-state index is -0.572. The van der Waals surface area contributed by atoms with E-state index in [0.717, 1.165) is 50.7 Å². The minimum absolute atomic E-state index is 0. The van der Waals surface area contributed by atoms with Gasteiger partial charge >= 0.3 is 0 Å². The summed E-state index contributed by atoms with van der Waals surface area (Å²) >= 11 is 0. The molecule has 0 aliphatic carbocycles. The Kier molecular flexibility index (Phi) is 7.77. The summed E-state index contributed by atoms with van der Waals surface area (Å²) in [4.78, 5) is 5.00. The standard InChI is InChI=1S/C56H38N4O.Pt/c1-2-39-34-55(57-37-50(39)42-22-10-5-11-23-42)60-51-29-13-12-26-48(51)49-33-32-45(36-54(49)60)61-44-25-16-24-43(35-44)58-38-59(53-31-15-14-30-52(53)58)56-46(40-18-6-3-7-19-40)27-17-28-47(56)41-20-8-4-9-21-41;/h3-34,37H,2H2,1H3;/q-2;/i3D,4D,6D,7D,8D,9D,18D,19D,20D,21D;. The third-order valence-corrected chi connectivity index (χ3v) is 10.8. The van der Waals surface area contributed by atoms with Gasteiger partial charge in [0, 0.05) is 49.8 Å². The van der Waals surface area contributed by atoms with Crippen LogP contribution in [0.25, 0.3) is 83.4 Å². The number of aromatic nitrogens is 4. The number of pyridine rings is 1. The minimum Gasteiger partial charge on any atom is -0.510 e. The first-order chi connectivity index (χ1) is 34.4. The molecule has 0 unspecified atom stereocenters. The van der Waals surface area contributed by atoms with Crippen molar-refractivity contribution in [1.82, 2.24) is 14.1 Å². The Bertz CT molecular complexity index is 3840. The molecule has 11 aromatic rings. The maximum atomic E-state index is 9.01. The van der Waals surface area contributed by atoms with E-state index < -0.39 is 60.4 Å². The van der Waals surface area contributed by atoms with E-state index >= 15 is 0 Å². The molecule has 0 aliphatic heterocycles. The molecule has 8 aromatic carbocycles. The number of fused-ring (bicyclic) bond motifs is 4. The summed E-state index contributed by atoms with van der Waals surface area (Å²) < 4.78 is 98.9. The number of para-hydroxylation sites is 4. The molecule has 0 fully saturated rings. The van der Waals surface area contributed by atoms with Crippen molar-refractivity contribution in [3.63, 3.8) is 0 Å². The topological polar surface area (TPSA) is 35.9 Å². The van der Waals surface area contributed by atoms with Gasteiger partial charge in [-0.05, 0) is 63.0 Å². The average Bonchev–Trinajstić information content (AvgIpc) is 3.95. The molecule has 0 radical (unpaired) electrons. The fraction of sp³-hybridized carbons (Fsp3) is 0.0357. The Hall–Kier alpha value is -7.33. The van der Waals surface area contributed by atoms with Gasteiger partial charge < -0.3 is 13.9 Å². The van der Waals surface area contributed by atoms with Gasteiger partial charge in [0.25, 0.3) is 6.33 Å². The first kappa shape index (κ1) is 29.0. The fourth-order valence-corrected chi connectivity index (χ4v) is 8.05. The molecule has 0 bridgehead atoms. The zero-order valence-electron chi connectivity index (χ0n) is 43.0. The number of hydrogen-bond acceptors (Lipinski definition) is 2. The van der Waals surface area contributed by atoms with Crippen molar-refractivity contribution in [1.29, 1.82) is 0 Å². The van der Waals surface area contributed by atoms with Crippen molar-refractivity contribution in [2.75, 3.05) is 0 Å². The van der Waals surface area contributed by atoms with Gasteiger partial charge in [0.15, 0.2) is 0 Å². The second-order valence-corrected chi connectivity index (χ2v) is 14.3. The molecule has 0 spiro atoms. The molecule has 300 valence electrons.